The van der Waals surface area contributed by atoms with E-state index in [0.717, 1.165) is 9.99 Å². The van der Waals surface area contributed by atoms with Gasteiger partial charge in [-0.15, -0.1) is 0 Å². The van der Waals surface area contributed by atoms with E-state index < -0.39 is 10.0 Å². The highest BCUT2D eigenvalue weighted by atomic mass is 32.2. The Hall–Kier alpha value is -3.59. The number of hydrogen-bond acceptors (Lipinski definition) is 5. The van der Waals surface area contributed by atoms with Crippen LogP contribution in [0.15, 0.2) is 83.8 Å². The number of nitrogens with zero attached hydrogens (tertiary/aromatic N) is 3. The topological polar surface area (TPSA) is 70.2 Å². The second kappa shape index (κ2) is 10.1. The smallest absolute Gasteiger partial charge is 0.264 e. The Morgan fingerprint density at radius 2 is 1.53 bits per heavy atom. The third-order valence-electron chi connectivity index (χ3n) is 5.79. The Bertz CT molecular complexity index is 1210. The predicted octanol–water partition coefficient (Wildman–Crippen LogP) is 3.38. The molecule has 3 aromatic rings. The molecule has 7 nitrogen and oxygen atoms in total. The van der Waals surface area contributed by atoms with E-state index in [0.29, 0.717) is 37.6 Å². The predicted molar refractivity (Wildman–Crippen MR) is 129 cm³/mol. The Labute approximate surface area is 199 Å². The van der Waals surface area contributed by atoms with E-state index in [1.54, 1.807) is 59.5 Å². The maximum atomic E-state index is 13.5. The first-order chi connectivity index (χ1) is 16.4. The normalized spacial score (nSPS) is 14.1. The number of sulfonamides is 1. The Kier molecular flexibility index (Phi) is 7.02. The average molecular weight is 484 g/mol. The maximum Gasteiger partial charge on any atom is 0.264 e. The largest absolute Gasteiger partial charge is 0.497 e. The van der Waals surface area contributed by atoms with Gasteiger partial charge in [-0.2, -0.15) is 0 Å². The van der Waals surface area contributed by atoms with Gasteiger partial charge in [0, 0.05) is 31.9 Å². The van der Waals surface area contributed by atoms with Crippen LogP contribution in [-0.2, 0) is 14.8 Å². The summed E-state index contributed by atoms with van der Waals surface area (Å²) in [6.45, 7) is 1.72. The second-order valence-electron chi connectivity index (χ2n) is 7.87. The van der Waals surface area contributed by atoms with Crippen LogP contribution in [0.2, 0.25) is 0 Å². The zero-order valence-corrected chi connectivity index (χ0v) is 19.6. The fourth-order valence-electron chi connectivity index (χ4n) is 3.87. The third kappa shape index (κ3) is 5.14. The van der Waals surface area contributed by atoms with Crippen LogP contribution in [0.4, 0.5) is 15.8 Å². The van der Waals surface area contributed by atoms with Gasteiger partial charge in [0.2, 0.25) is 5.91 Å². The molecule has 0 aliphatic carbocycles. The van der Waals surface area contributed by atoms with Crippen LogP contribution in [0.5, 0.6) is 5.75 Å². The van der Waals surface area contributed by atoms with Crippen LogP contribution in [-0.4, -0.2) is 59.1 Å². The fourth-order valence-corrected chi connectivity index (χ4v) is 5.31. The number of hydrogen-bond donors (Lipinski definition) is 0. The molecule has 178 valence electrons. The first-order valence-electron chi connectivity index (χ1n) is 10.9. The zero-order chi connectivity index (χ0) is 24.1. The Morgan fingerprint density at radius 3 is 2.12 bits per heavy atom. The van der Waals surface area contributed by atoms with Crippen molar-refractivity contribution in [2.24, 2.45) is 0 Å². The van der Waals surface area contributed by atoms with Gasteiger partial charge in [-0.25, -0.2) is 12.8 Å². The summed E-state index contributed by atoms with van der Waals surface area (Å²) in [7, 11) is -2.44. The minimum atomic E-state index is -3.97. The molecule has 1 saturated heterocycles. The van der Waals surface area contributed by atoms with Gasteiger partial charge in [0.15, 0.2) is 0 Å². The van der Waals surface area contributed by atoms with Gasteiger partial charge in [-0.05, 0) is 60.7 Å². The summed E-state index contributed by atoms with van der Waals surface area (Å²) in [5, 5.41) is 0. The van der Waals surface area contributed by atoms with Crippen LogP contribution in [0.3, 0.4) is 0 Å². The molecule has 0 bridgehead atoms. The minimum Gasteiger partial charge on any atom is -0.497 e. The number of anilines is 2. The van der Waals surface area contributed by atoms with Crippen LogP contribution in [0.25, 0.3) is 0 Å². The van der Waals surface area contributed by atoms with Crippen LogP contribution < -0.4 is 13.9 Å². The van der Waals surface area contributed by atoms with E-state index in [-0.39, 0.29) is 23.2 Å². The SMILES string of the molecule is COc1ccc(N(CC(=O)N2CCN(c3ccc(F)cc3)CC2)S(=O)(=O)c2ccccc2)cc1. The van der Waals surface area contributed by atoms with Gasteiger partial charge in [0.05, 0.1) is 17.7 Å². The van der Waals surface area contributed by atoms with Crippen molar-refractivity contribution in [1.82, 2.24) is 4.90 Å². The summed E-state index contributed by atoms with van der Waals surface area (Å²) in [6, 6.07) is 20.9. The van der Waals surface area contributed by atoms with Crippen molar-refractivity contribution in [3.63, 3.8) is 0 Å². The number of halogens is 1. The summed E-state index contributed by atoms with van der Waals surface area (Å²) in [6.07, 6.45) is 0. The monoisotopic (exact) mass is 483 g/mol. The van der Waals surface area contributed by atoms with Crippen molar-refractivity contribution in [2.45, 2.75) is 4.90 Å². The average Bonchev–Trinajstić information content (AvgIpc) is 2.88. The van der Waals surface area contributed by atoms with Crippen LogP contribution >= 0.6 is 0 Å². The van der Waals surface area contributed by atoms with Crippen molar-refractivity contribution < 1.29 is 22.3 Å². The fraction of sp³-hybridized carbons (Fsp3) is 0.240. The van der Waals surface area contributed by atoms with E-state index in [2.05, 4.69) is 4.90 Å². The van der Waals surface area contributed by atoms with Crippen molar-refractivity contribution in [3.05, 3.63) is 84.7 Å². The molecule has 1 aliphatic rings. The lowest BCUT2D eigenvalue weighted by Crippen LogP contribution is -2.52. The number of carbonyl (C=O) groups excluding carboxylic acids is 1. The van der Waals surface area contributed by atoms with Gasteiger partial charge < -0.3 is 14.5 Å². The molecule has 1 aliphatic heterocycles. The molecule has 1 heterocycles. The van der Waals surface area contributed by atoms with E-state index >= 15 is 0 Å². The van der Waals surface area contributed by atoms with Gasteiger partial charge in [-0.3, -0.25) is 9.10 Å². The number of methoxy groups -OCH3 is 1. The highest BCUT2D eigenvalue weighted by Crippen LogP contribution is 2.26. The second-order valence-corrected chi connectivity index (χ2v) is 9.73. The number of rotatable bonds is 7. The van der Waals surface area contributed by atoms with Crippen molar-refractivity contribution in [3.8, 4) is 5.75 Å². The van der Waals surface area contributed by atoms with Gasteiger partial charge in [-0.1, -0.05) is 18.2 Å². The van der Waals surface area contributed by atoms with Crippen molar-refractivity contribution >= 4 is 27.3 Å². The number of piperazine rings is 1. The quantitative estimate of drug-likeness (QED) is 0.515. The number of carbonyl (C=O) groups is 1. The summed E-state index contributed by atoms with van der Waals surface area (Å²) in [5.74, 6) is 0.00828. The lowest BCUT2D eigenvalue weighted by molar-refractivity contribution is -0.129. The lowest BCUT2D eigenvalue weighted by atomic mass is 10.2. The summed E-state index contributed by atoms with van der Waals surface area (Å²) >= 11 is 0. The molecule has 34 heavy (non-hydrogen) atoms. The molecule has 1 fully saturated rings. The van der Waals surface area contributed by atoms with Crippen LogP contribution in [0.1, 0.15) is 0 Å². The van der Waals surface area contributed by atoms with Crippen LogP contribution in [0, 0.1) is 5.82 Å². The molecule has 1 amide bonds. The Balaban J connectivity index is 1.52. The summed E-state index contributed by atoms with van der Waals surface area (Å²) < 4.78 is 46.4. The van der Waals surface area contributed by atoms with E-state index in [9.17, 15) is 17.6 Å². The molecule has 0 unspecified atom stereocenters. The maximum absolute atomic E-state index is 13.5. The molecular formula is C25H26FN3O4S. The zero-order valence-electron chi connectivity index (χ0n) is 18.8. The first-order valence-corrected chi connectivity index (χ1v) is 12.3. The molecule has 4 rings (SSSR count). The lowest BCUT2D eigenvalue weighted by Gasteiger charge is -2.37. The summed E-state index contributed by atoms with van der Waals surface area (Å²) in [4.78, 5) is 17.0. The minimum absolute atomic E-state index is 0.111. The molecule has 0 atom stereocenters. The molecule has 0 saturated carbocycles. The molecule has 0 radical (unpaired) electrons. The number of benzene rings is 3. The highest BCUT2D eigenvalue weighted by molar-refractivity contribution is 7.92. The summed E-state index contributed by atoms with van der Waals surface area (Å²) in [5.41, 5.74) is 1.27. The highest BCUT2D eigenvalue weighted by Gasteiger charge is 2.30. The number of amides is 1. The van der Waals surface area contributed by atoms with E-state index in [1.165, 1.54) is 31.4 Å². The molecule has 3 aromatic carbocycles. The van der Waals surface area contributed by atoms with E-state index in [4.69, 9.17) is 4.74 Å². The molecule has 9 heteroatoms. The van der Waals surface area contributed by atoms with Gasteiger partial charge in [0.25, 0.3) is 10.0 Å². The van der Waals surface area contributed by atoms with Crippen molar-refractivity contribution in [2.75, 3.05) is 49.0 Å². The Morgan fingerprint density at radius 1 is 0.912 bits per heavy atom. The standard InChI is InChI=1S/C25H26FN3O4S/c1-33-23-13-11-22(12-14-23)29(34(31,32)24-5-3-2-4-6-24)19-25(30)28-17-15-27(16-18-28)21-9-7-20(26)8-10-21/h2-14H,15-19H2,1H3. The molecular weight excluding hydrogens is 457 g/mol. The first kappa shape index (κ1) is 23.6. The van der Waals surface area contributed by atoms with Crippen molar-refractivity contribution in [1.29, 1.82) is 0 Å². The van der Waals surface area contributed by atoms with Gasteiger partial charge >= 0.3 is 0 Å². The molecule has 0 spiro atoms. The number of ether oxygens (including phenoxy) is 1. The molecule has 0 aromatic heterocycles. The van der Waals surface area contributed by atoms with E-state index in [1.807, 2.05) is 0 Å². The van der Waals surface area contributed by atoms with Gasteiger partial charge in [0.1, 0.15) is 18.1 Å². The molecule has 0 N–H and O–H groups in total. The third-order valence-corrected chi connectivity index (χ3v) is 7.58.